The third-order valence-electron chi connectivity index (χ3n) is 2.99. The van der Waals surface area contributed by atoms with Crippen LogP contribution in [-0.2, 0) is 0 Å². The lowest BCUT2D eigenvalue weighted by molar-refractivity contribution is 0.104. The maximum atomic E-state index is 13.1. The van der Waals surface area contributed by atoms with Crippen molar-refractivity contribution >= 4 is 28.0 Å². The number of hydrogen-bond donors (Lipinski definition) is 1. The van der Waals surface area contributed by atoms with Crippen molar-refractivity contribution in [2.45, 2.75) is 6.92 Å². The zero-order valence-electron chi connectivity index (χ0n) is 9.66. The van der Waals surface area contributed by atoms with E-state index in [1.165, 1.54) is 23.5 Å². The Morgan fingerprint density at radius 3 is 2.83 bits per heavy atom. The van der Waals surface area contributed by atoms with E-state index in [0.29, 0.717) is 16.6 Å². The van der Waals surface area contributed by atoms with Gasteiger partial charge >= 0.3 is 0 Å². The quantitative estimate of drug-likeness (QED) is 0.695. The molecule has 0 aliphatic rings. The van der Waals surface area contributed by atoms with Gasteiger partial charge in [-0.3, -0.25) is 4.79 Å². The number of ketones is 1. The molecule has 90 valence electrons. The van der Waals surface area contributed by atoms with Crippen LogP contribution in [-0.4, -0.2) is 10.8 Å². The molecule has 1 aromatic carbocycles. The molecule has 0 aliphatic carbocycles. The number of aryl methyl sites for hydroxylation is 1. The first-order valence-corrected chi connectivity index (χ1v) is 6.45. The van der Waals surface area contributed by atoms with E-state index in [0.717, 1.165) is 10.9 Å². The molecule has 0 amide bonds. The summed E-state index contributed by atoms with van der Waals surface area (Å²) in [6, 6.07) is 4.40. The van der Waals surface area contributed by atoms with Gasteiger partial charge in [0.05, 0.1) is 0 Å². The molecule has 0 fully saturated rings. The van der Waals surface area contributed by atoms with Crippen molar-refractivity contribution in [2.24, 2.45) is 0 Å². The van der Waals surface area contributed by atoms with Gasteiger partial charge in [0.25, 0.3) is 0 Å². The molecule has 0 saturated carbocycles. The second-order valence-corrected chi connectivity index (χ2v) is 4.93. The molecule has 2 nitrogen and oxygen atoms in total. The Balaban J connectivity index is 2.16. The van der Waals surface area contributed by atoms with Gasteiger partial charge in [-0.2, -0.15) is 11.3 Å². The SMILES string of the molecule is Cc1cscc1C(=O)c1c[nH]c2cc(F)ccc12. The van der Waals surface area contributed by atoms with Gasteiger partial charge < -0.3 is 4.98 Å². The number of benzene rings is 1. The van der Waals surface area contributed by atoms with Gasteiger partial charge in [0.15, 0.2) is 5.78 Å². The van der Waals surface area contributed by atoms with Crippen LogP contribution < -0.4 is 0 Å². The number of aromatic nitrogens is 1. The van der Waals surface area contributed by atoms with E-state index < -0.39 is 0 Å². The number of fused-ring (bicyclic) bond motifs is 1. The summed E-state index contributed by atoms with van der Waals surface area (Å²) in [6.45, 7) is 1.91. The zero-order valence-corrected chi connectivity index (χ0v) is 10.5. The van der Waals surface area contributed by atoms with E-state index >= 15 is 0 Å². The standard InChI is InChI=1S/C14H10FNOS/c1-8-6-18-7-12(8)14(17)11-5-16-13-4-9(15)2-3-10(11)13/h2-7,16H,1H3. The van der Waals surface area contributed by atoms with Gasteiger partial charge in [0, 0.05) is 33.6 Å². The fourth-order valence-electron chi connectivity index (χ4n) is 2.02. The van der Waals surface area contributed by atoms with E-state index in [1.54, 1.807) is 12.3 Å². The summed E-state index contributed by atoms with van der Waals surface area (Å²) in [5.74, 6) is -0.332. The van der Waals surface area contributed by atoms with Crippen LogP contribution in [0.5, 0.6) is 0 Å². The van der Waals surface area contributed by atoms with Crippen molar-refractivity contribution < 1.29 is 9.18 Å². The minimum atomic E-state index is -0.310. The molecule has 0 bridgehead atoms. The third-order valence-corrected chi connectivity index (χ3v) is 3.85. The monoisotopic (exact) mass is 259 g/mol. The maximum Gasteiger partial charge on any atom is 0.196 e. The Kier molecular flexibility index (Phi) is 2.52. The minimum Gasteiger partial charge on any atom is -0.360 e. The lowest BCUT2D eigenvalue weighted by Gasteiger charge is -1.98. The molecular weight excluding hydrogens is 249 g/mol. The average molecular weight is 259 g/mol. The van der Waals surface area contributed by atoms with Crippen molar-refractivity contribution in [2.75, 3.05) is 0 Å². The van der Waals surface area contributed by atoms with Crippen molar-refractivity contribution in [3.63, 3.8) is 0 Å². The number of rotatable bonds is 2. The molecule has 2 heterocycles. The summed E-state index contributed by atoms with van der Waals surface area (Å²) in [5.41, 5.74) is 2.92. The van der Waals surface area contributed by atoms with Crippen LogP contribution in [0.1, 0.15) is 21.5 Å². The van der Waals surface area contributed by atoms with Crippen molar-refractivity contribution in [3.05, 3.63) is 57.7 Å². The van der Waals surface area contributed by atoms with Crippen LogP contribution in [0, 0.1) is 12.7 Å². The summed E-state index contributed by atoms with van der Waals surface area (Å²) in [4.78, 5) is 15.3. The topological polar surface area (TPSA) is 32.9 Å². The normalized spacial score (nSPS) is 11.0. The number of H-pyrrole nitrogens is 1. The summed E-state index contributed by atoms with van der Waals surface area (Å²) in [6.07, 6.45) is 1.64. The molecule has 0 spiro atoms. The van der Waals surface area contributed by atoms with Crippen molar-refractivity contribution in [1.29, 1.82) is 0 Å². The highest BCUT2D eigenvalue weighted by molar-refractivity contribution is 7.08. The van der Waals surface area contributed by atoms with Gasteiger partial charge in [0.1, 0.15) is 5.82 Å². The number of aromatic amines is 1. The van der Waals surface area contributed by atoms with E-state index in [2.05, 4.69) is 4.98 Å². The number of hydrogen-bond acceptors (Lipinski definition) is 2. The predicted molar refractivity (Wildman–Crippen MR) is 70.7 cm³/mol. The predicted octanol–water partition coefficient (Wildman–Crippen LogP) is 3.91. The summed E-state index contributed by atoms with van der Waals surface area (Å²) in [5, 5.41) is 4.55. The van der Waals surface area contributed by atoms with Crippen LogP contribution >= 0.6 is 11.3 Å². The first kappa shape index (κ1) is 11.2. The second-order valence-electron chi connectivity index (χ2n) is 4.19. The molecule has 2 aromatic heterocycles. The van der Waals surface area contributed by atoms with Gasteiger partial charge in [0.2, 0.25) is 0 Å². The van der Waals surface area contributed by atoms with Crippen LogP contribution in [0.4, 0.5) is 4.39 Å². The molecule has 0 atom stereocenters. The van der Waals surface area contributed by atoms with Crippen molar-refractivity contribution in [3.8, 4) is 0 Å². The van der Waals surface area contributed by atoms with Crippen LogP contribution in [0.25, 0.3) is 10.9 Å². The highest BCUT2D eigenvalue weighted by Crippen LogP contribution is 2.24. The summed E-state index contributed by atoms with van der Waals surface area (Å²) >= 11 is 1.51. The Morgan fingerprint density at radius 2 is 2.11 bits per heavy atom. The van der Waals surface area contributed by atoms with Gasteiger partial charge in [-0.1, -0.05) is 0 Å². The molecule has 1 N–H and O–H groups in total. The largest absolute Gasteiger partial charge is 0.360 e. The molecule has 0 saturated heterocycles. The van der Waals surface area contributed by atoms with E-state index in [9.17, 15) is 9.18 Å². The first-order chi connectivity index (χ1) is 8.66. The smallest absolute Gasteiger partial charge is 0.196 e. The highest BCUT2D eigenvalue weighted by Gasteiger charge is 2.16. The second kappa shape index (κ2) is 4.07. The lowest BCUT2D eigenvalue weighted by atomic mass is 10.0. The first-order valence-electron chi connectivity index (χ1n) is 5.51. The van der Waals surface area contributed by atoms with Crippen LogP contribution in [0.15, 0.2) is 35.2 Å². The minimum absolute atomic E-state index is 0.0217. The van der Waals surface area contributed by atoms with Crippen LogP contribution in [0.3, 0.4) is 0 Å². The van der Waals surface area contributed by atoms with E-state index in [-0.39, 0.29) is 11.6 Å². The number of carbonyl (C=O) groups is 1. The van der Waals surface area contributed by atoms with E-state index in [4.69, 9.17) is 0 Å². The number of halogens is 1. The molecule has 0 unspecified atom stereocenters. The van der Waals surface area contributed by atoms with Gasteiger partial charge in [-0.25, -0.2) is 4.39 Å². The lowest BCUT2D eigenvalue weighted by Crippen LogP contribution is -2.00. The highest BCUT2D eigenvalue weighted by atomic mass is 32.1. The average Bonchev–Trinajstić information content (AvgIpc) is 2.94. The van der Waals surface area contributed by atoms with Gasteiger partial charge in [-0.15, -0.1) is 0 Å². The summed E-state index contributed by atoms with van der Waals surface area (Å²) < 4.78 is 13.1. The van der Waals surface area contributed by atoms with Crippen LogP contribution in [0.2, 0.25) is 0 Å². The Labute approximate surface area is 107 Å². The van der Waals surface area contributed by atoms with Gasteiger partial charge in [-0.05, 0) is 36.1 Å². The maximum absolute atomic E-state index is 13.1. The number of thiophene rings is 1. The fourth-order valence-corrected chi connectivity index (χ4v) is 2.85. The Morgan fingerprint density at radius 1 is 1.28 bits per heavy atom. The fraction of sp³-hybridized carbons (Fsp3) is 0.0714. The molecule has 3 aromatic rings. The number of carbonyl (C=O) groups excluding carboxylic acids is 1. The molecular formula is C14H10FNOS. The molecule has 0 radical (unpaired) electrons. The molecule has 0 aliphatic heterocycles. The summed E-state index contributed by atoms with van der Waals surface area (Å²) in [7, 11) is 0. The van der Waals surface area contributed by atoms with Crippen molar-refractivity contribution in [1.82, 2.24) is 4.98 Å². The zero-order chi connectivity index (χ0) is 12.7. The number of nitrogens with one attached hydrogen (secondary N) is 1. The Bertz CT molecular complexity index is 741. The van der Waals surface area contributed by atoms with E-state index in [1.807, 2.05) is 17.7 Å². The molecule has 4 heteroatoms. The third kappa shape index (κ3) is 1.66. The molecule has 18 heavy (non-hydrogen) atoms. The molecule has 3 rings (SSSR count). The Hall–Kier alpha value is -1.94.